The number of hydrogen-bond acceptors (Lipinski definition) is 8. The molecule has 1 aromatic carbocycles. The van der Waals surface area contributed by atoms with Crippen LogP contribution in [0.25, 0.3) is 0 Å². The summed E-state index contributed by atoms with van der Waals surface area (Å²) >= 11 is 0. The van der Waals surface area contributed by atoms with E-state index in [1.165, 1.54) is 19.8 Å². The van der Waals surface area contributed by atoms with Gasteiger partial charge >= 0.3 is 0 Å². The zero-order valence-electron chi connectivity index (χ0n) is 24.7. The van der Waals surface area contributed by atoms with Crippen molar-refractivity contribution < 1.29 is 27.1 Å². The Balaban J connectivity index is 1.29. The van der Waals surface area contributed by atoms with E-state index in [-0.39, 0.29) is 31.8 Å². The van der Waals surface area contributed by atoms with Crippen molar-refractivity contribution in [3.05, 3.63) is 35.4 Å². The summed E-state index contributed by atoms with van der Waals surface area (Å²) in [5, 5.41) is 11.4. The fourth-order valence-corrected chi connectivity index (χ4v) is 7.26. The molecule has 0 bridgehead atoms. The molecular formula is C30H40F2N6O4S. The number of rotatable bonds is 8. The Labute approximate surface area is 251 Å². The van der Waals surface area contributed by atoms with E-state index in [1.54, 1.807) is 18.2 Å². The van der Waals surface area contributed by atoms with Gasteiger partial charge in [-0.05, 0) is 74.3 Å². The predicted molar refractivity (Wildman–Crippen MR) is 164 cm³/mol. The SMILES string of the molecule is C[C@@H](CO)S(=O)(=O)Nc1ccc(C(=O)Nc2cc3c(c(N4CCC(F)(F)CC4)n2)N(C)CC3)c(N2CCC3(CC2)CC3)c1. The number of hydrogen-bond donors (Lipinski definition) is 3. The third-order valence-electron chi connectivity index (χ3n) is 9.60. The summed E-state index contributed by atoms with van der Waals surface area (Å²) < 4.78 is 55.7. The van der Waals surface area contributed by atoms with E-state index in [1.807, 2.05) is 18.0 Å². The van der Waals surface area contributed by atoms with Crippen molar-refractivity contribution in [2.24, 2.45) is 5.41 Å². The van der Waals surface area contributed by atoms with E-state index >= 15 is 0 Å². The summed E-state index contributed by atoms with van der Waals surface area (Å²) in [4.78, 5) is 24.7. The lowest BCUT2D eigenvalue weighted by Gasteiger charge is -2.35. The molecule has 13 heteroatoms. The third kappa shape index (κ3) is 6.11. The molecule has 1 aromatic heterocycles. The zero-order valence-corrected chi connectivity index (χ0v) is 25.5. The molecule has 3 fully saturated rings. The minimum absolute atomic E-state index is 0.185. The number of likely N-dealkylation sites (N-methyl/N-ethyl adjacent to an activating group) is 1. The maximum atomic E-state index is 13.9. The number of piperidine rings is 2. The number of carbonyl (C=O) groups is 1. The lowest BCUT2D eigenvalue weighted by molar-refractivity contribution is -0.0221. The van der Waals surface area contributed by atoms with Gasteiger partial charge in [-0.3, -0.25) is 9.52 Å². The van der Waals surface area contributed by atoms with E-state index in [2.05, 4.69) is 19.8 Å². The normalized spacial score (nSPS) is 21.5. The van der Waals surface area contributed by atoms with E-state index in [0.717, 1.165) is 50.1 Å². The fourth-order valence-electron chi connectivity index (χ4n) is 6.41. The summed E-state index contributed by atoms with van der Waals surface area (Å²) in [7, 11) is -1.86. The van der Waals surface area contributed by atoms with Crippen molar-refractivity contribution in [3.63, 3.8) is 0 Å². The molecule has 0 radical (unpaired) electrons. The maximum absolute atomic E-state index is 13.9. The average Bonchev–Trinajstić information content (AvgIpc) is 3.62. The number of pyridine rings is 1. The Bertz CT molecular complexity index is 1500. The molecule has 2 saturated heterocycles. The number of aliphatic hydroxyl groups is 1. The molecule has 234 valence electrons. The molecule has 1 saturated carbocycles. The first-order valence-corrected chi connectivity index (χ1v) is 16.6. The van der Waals surface area contributed by atoms with E-state index in [9.17, 15) is 27.1 Å². The Kier molecular flexibility index (Phi) is 7.68. The molecule has 10 nitrogen and oxygen atoms in total. The number of aliphatic hydroxyl groups excluding tert-OH is 1. The second-order valence-electron chi connectivity index (χ2n) is 12.7. The van der Waals surface area contributed by atoms with Crippen LogP contribution in [-0.4, -0.2) is 82.0 Å². The number of halogens is 2. The first-order chi connectivity index (χ1) is 20.4. The topological polar surface area (TPSA) is 118 Å². The van der Waals surface area contributed by atoms with Crippen LogP contribution in [-0.2, 0) is 16.4 Å². The number of amides is 1. The van der Waals surface area contributed by atoms with Crippen LogP contribution < -0.4 is 24.7 Å². The molecule has 3 aliphatic heterocycles. The quantitative estimate of drug-likeness (QED) is 0.406. The van der Waals surface area contributed by atoms with Crippen LogP contribution in [0.4, 0.5) is 37.5 Å². The molecule has 1 amide bonds. The number of carbonyl (C=O) groups excluding carboxylic acids is 1. The predicted octanol–water partition coefficient (Wildman–Crippen LogP) is 4.06. The van der Waals surface area contributed by atoms with Gasteiger partial charge in [0.05, 0.1) is 29.2 Å². The van der Waals surface area contributed by atoms with E-state index < -0.39 is 27.8 Å². The molecular weight excluding hydrogens is 578 g/mol. The largest absolute Gasteiger partial charge is 0.395 e. The van der Waals surface area contributed by atoms with Crippen LogP contribution in [0.2, 0.25) is 0 Å². The van der Waals surface area contributed by atoms with Crippen molar-refractivity contribution in [1.29, 1.82) is 0 Å². The number of aromatic nitrogens is 1. The van der Waals surface area contributed by atoms with Gasteiger partial charge in [0.1, 0.15) is 11.1 Å². The van der Waals surface area contributed by atoms with Crippen LogP contribution in [0.3, 0.4) is 0 Å². The number of fused-ring (bicyclic) bond motifs is 1. The summed E-state index contributed by atoms with van der Waals surface area (Å²) in [5.41, 5.74) is 3.67. The highest BCUT2D eigenvalue weighted by atomic mass is 32.2. The van der Waals surface area contributed by atoms with E-state index in [0.29, 0.717) is 34.0 Å². The number of sulfonamides is 1. The standard InChI is InChI=1S/C30H40F2N6O4S/c1-20(19-39)43(41,42)35-22-3-4-23(24(18-22)37-13-8-29(6-7-29)9-14-37)28(40)34-25-17-21-5-12-36(2)26(21)27(33-25)38-15-10-30(31,32)11-16-38/h3-4,17-18,20,35,39H,5-16,19H2,1-2H3,(H,33,34,40)/t20-/m0/s1. The molecule has 4 aliphatic rings. The molecule has 3 N–H and O–H groups in total. The van der Waals surface area contributed by atoms with Gasteiger partial charge in [-0.25, -0.2) is 22.2 Å². The Morgan fingerprint density at radius 1 is 1.02 bits per heavy atom. The zero-order chi connectivity index (χ0) is 30.6. The molecule has 1 atom stereocenters. The van der Waals surface area contributed by atoms with Gasteiger partial charge in [-0.15, -0.1) is 0 Å². The van der Waals surface area contributed by atoms with Crippen LogP contribution in [0.5, 0.6) is 0 Å². The maximum Gasteiger partial charge on any atom is 0.258 e. The van der Waals surface area contributed by atoms with Crippen molar-refractivity contribution >= 4 is 44.6 Å². The van der Waals surface area contributed by atoms with Crippen LogP contribution in [0, 0.1) is 5.41 Å². The first kappa shape index (κ1) is 29.9. The van der Waals surface area contributed by atoms with Crippen LogP contribution in [0.15, 0.2) is 24.3 Å². The Hall–Kier alpha value is -3.19. The van der Waals surface area contributed by atoms with Crippen molar-refractivity contribution in [1.82, 2.24) is 4.98 Å². The van der Waals surface area contributed by atoms with Crippen molar-refractivity contribution in [2.45, 2.75) is 63.0 Å². The van der Waals surface area contributed by atoms with Gasteiger partial charge in [0.15, 0.2) is 5.82 Å². The van der Waals surface area contributed by atoms with Crippen molar-refractivity contribution in [3.8, 4) is 0 Å². The van der Waals surface area contributed by atoms with Crippen LogP contribution in [0.1, 0.15) is 61.4 Å². The van der Waals surface area contributed by atoms with Crippen LogP contribution >= 0.6 is 0 Å². The second kappa shape index (κ2) is 11.1. The highest BCUT2D eigenvalue weighted by molar-refractivity contribution is 7.93. The highest BCUT2D eigenvalue weighted by Crippen LogP contribution is 2.54. The van der Waals surface area contributed by atoms with Gasteiger partial charge in [0.25, 0.3) is 11.8 Å². The Morgan fingerprint density at radius 2 is 1.70 bits per heavy atom. The Morgan fingerprint density at radius 3 is 2.35 bits per heavy atom. The van der Waals surface area contributed by atoms with Gasteiger partial charge in [-0.2, -0.15) is 0 Å². The van der Waals surface area contributed by atoms with Gasteiger partial charge in [-0.1, -0.05) is 0 Å². The molecule has 2 aromatic rings. The molecule has 4 heterocycles. The third-order valence-corrected chi connectivity index (χ3v) is 11.3. The minimum Gasteiger partial charge on any atom is -0.395 e. The second-order valence-corrected chi connectivity index (χ2v) is 14.8. The minimum atomic E-state index is -3.82. The number of nitrogens with one attached hydrogen (secondary N) is 2. The van der Waals surface area contributed by atoms with Gasteiger partial charge in [0.2, 0.25) is 10.0 Å². The van der Waals surface area contributed by atoms with Crippen molar-refractivity contribution in [2.75, 3.05) is 71.1 Å². The molecule has 1 spiro atoms. The molecule has 1 aliphatic carbocycles. The summed E-state index contributed by atoms with van der Waals surface area (Å²) in [6.07, 6.45) is 4.77. The lowest BCUT2D eigenvalue weighted by Crippen LogP contribution is -2.40. The summed E-state index contributed by atoms with van der Waals surface area (Å²) in [6, 6.07) is 6.71. The van der Waals surface area contributed by atoms with Gasteiger partial charge in [0, 0.05) is 52.6 Å². The number of alkyl halides is 2. The summed E-state index contributed by atoms with van der Waals surface area (Å²) in [5.74, 6) is -2.10. The monoisotopic (exact) mass is 618 g/mol. The number of nitrogens with zero attached hydrogens (tertiary/aromatic N) is 4. The number of anilines is 5. The fraction of sp³-hybridized carbons (Fsp3) is 0.600. The highest BCUT2D eigenvalue weighted by Gasteiger charge is 2.45. The molecule has 0 unspecified atom stereocenters. The molecule has 43 heavy (non-hydrogen) atoms. The first-order valence-electron chi connectivity index (χ1n) is 15.1. The van der Waals surface area contributed by atoms with Gasteiger partial charge < -0.3 is 25.1 Å². The van der Waals surface area contributed by atoms with E-state index in [4.69, 9.17) is 4.98 Å². The summed E-state index contributed by atoms with van der Waals surface area (Å²) in [6.45, 7) is 3.58. The molecule has 6 rings (SSSR count). The lowest BCUT2D eigenvalue weighted by atomic mass is 9.93. The average molecular weight is 619 g/mol. The smallest absolute Gasteiger partial charge is 0.258 e. The number of benzene rings is 1.